The fourth-order valence-corrected chi connectivity index (χ4v) is 6.75. The average Bonchev–Trinajstić information content (AvgIpc) is 3.35. The van der Waals surface area contributed by atoms with Crippen molar-refractivity contribution >= 4 is 73.2 Å². The number of fused-ring (bicyclic) bond motifs is 1. The molecule has 0 unspecified atom stereocenters. The Morgan fingerprint density at radius 1 is 0.976 bits per heavy atom. The van der Waals surface area contributed by atoms with Crippen LogP contribution < -0.4 is 19.7 Å². The molecule has 1 fully saturated rings. The second-order valence-corrected chi connectivity index (χ2v) is 14.7. The first kappa shape index (κ1) is 32.1. The molecule has 2 heterocycles. The van der Waals surface area contributed by atoms with Crippen LogP contribution in [0.2, 0.25) is 0 Å². The third-order valence-electron chi connectivity index (χ3n) is 7.34. The minimum atomic E-state index is -4.10. The molecular weight excluding hydrogens is 627 g/mol. The average molecular weight is 660 g/mol. The molecule has 42 heavy (non-hydrogen) atoms. The van der Waals surface area contributed by atoms with E-state index >= 15 is 0 Å². The molecule has 1 aliphatic heterocycles. The van der Waals surface area contributed by atoms with Crippen molar-refractivity contribution in [3.8, 4) is 11.5 Å². The fraction of sp³-hybridized carbons (Fsp3) is 0.429. The van der Waals surface area contributed by atoms with Crippen LogP contribution >= 0.6 is 34.8 Å². The van der Waals surface area contributed by atoms with E-state index in [2.05, 4.69) is 5.32 Å². The lowest BCUT2D eigenvalue weighted by atomic mass is 9.84. The van der Waals surface area contributed by atoms with Gasteiger partial charge in [0.2, 0.25) is 5.91 Å². The standard InChI is InChI=1S/C28H33Cl3N4O6S/c1-18(36)32-17-27(2,3)22-16-35(23-8-6-19(40-4)14-21(22)23)42(38,39)20-7-9-25(41-5)24(15-20)33-10-12-34(13-11-33)26(37)28(29,30)31/h6-9,14-16H,10-13,17H2,1-5H3,(H,32,36). The number of nitrogens with zero attached hydrogens (tertiary/aromatic N) is 3. The number of anilines is 1. The molecule has 10 nitrogen and oxygen atoms in total. The number of carbonyl (C=O) groups excluding carboxylic acids is 2. The Labute approximate surface area is 260 Å². The molecule has 0 aliphatic carbocycles. The van der Waals surface area contributed by atoms with E-state index in [0.717, 1.165) is 5.56 Å². The van der Waals surface area contributed by atoms with E-state index in [9.17, 15) is 18.0 Å². The highest BCUT2D eigenvalue weighted by molar-refractivity contribution is 7.90. The molecule has 3 aromatic rings. The topological polar surface area (TPSA) is 110 Å². The third-order valence-corrected chi connectivity index (χ3v) is 9.50. The SMILES string of the molecule is COc1ccc2c(c1)c(C(C)(C)CNC(C)=O)cn2S(=O)(=O)c1ccc(OC)c(N2CCN(C(=O)C(Cl)(Cl)Cl)CC2)c1. The Morgan fingerprint density at radius 3 is 2.21 bits per heavy atom. The van der Waals surface area contributed by atoms with Crippen molar-refractivity contribution in [3.63, 3.8) is 0 Å². The zero-order valence-electron chi connectivity index (χ0n) is 23.9. The first-order valence-corrected chi connectivity index (χ1v) is 15.7. The summed E-state index contributed by atoms with van der Waals surface area (Å²) >= 11 is 17.3. The van der Waals surface area contributed by atoms with Crippen LogP contribution in [-0.4, -0.2) is 79.8 Å². The van der Waals surface area contributed by atoms with Crippen LogP contribution in [-0.2, 0) is 25.0 Å². The van der Waals surface area contributed by atoms with Crippen molar-refractivity contribution in [2.75, 3.05) is 51.8 Å². The van der Waals surface area contributed by atoms with Crippen LogP contribution in [0.25, 0.3) is 10.9 Å². The van der Waals surface area contributed by atoms with Crippen molar-refractivity contribution in [1.29, 1.82) is 0 Å². The van der Waals surface area contributed by atoms with Gasteiger partial charge in [0.25, 0.3) is 19.7 Å². The molecule has 0 radical (unpaired) electrons. The lowest BCUT2D eigenvalue weighted by molar-refractivity contribution is -0.130. The van der Waals surface area contributed by atoms with Crippen LogP contribution in [0.1, 0.15) is 26.3 Å². The van der Waals surface area contributed by atoms with Gasteiger partial charge in [0.15, 0.2) is 0 Å². The molecule has 1 saturated heterocycles. The summed E-state index contributed by atoms with van der Waals surface area (Å²) in [4.78, 5) is 27.5. The molecule has 4 rings (SSSR count). The van der Waals surface area contributed by atoms with Crippen LogP contribution in [0.5, 0.6) is 11.5 Å². The Bertz CT molecular complexity index is 1610. The summed E-state index contributed by atoms with van der Waals surface area (Å²) in [5.74, 6) is 0.270. The second kappa shape index (κ2) is 12.0. The largest absolute Gasteiger partial charge is 0.497 e. The van der Waals surface area contributed by atoms with Crippen LogP contribution in [0.3, 0.4) is 0 Å². The summed E-state index contributed by atoms with van der Waals surface area (Å²) in [5, 5.41) is 3.53. The van der Waals surface area contributed by atoms with Gasteiger partial charge in [0, 0.05) is 56.6 Å². The van der Waals surface area contributed by atoms with Gasteiger partial charge in [0.05, 0.1) is 30.3 Å². The maximum Gasteiger partial charge on any atom is 0.274 e. The number of rotatable bonds is 8. The molecule has 0 spiro atoms. The lowest BCUT2D eigenvalue weighted by Gasteiger charge is -2.37. The highest BCUT2D eigenvalue weighted by atomic mass is 35.6. The number of alkyl halides is 3. The van der Waals surface area contributed by atoms with E-state index < -0.39 is 25.1 Å². The van der Waals surface area contributed by atoms with Crippen molar-refractivity contribution in [2.45, 2.75) is 34.9 Å². The number of hydrogen-bond acceptors (Lipinski definition) is 7. The van der Waals surface area contributed by atoms with Gasteiger partial charge >= 0.3 is 0 Å². The highest BCUT2D eigenvalue weighted by Crippen LogP contribution is 2.38. The van der Waals surface area contributed by atoms with Crippen molar-refractivity contribution < 1.29 is 27.5 Å². The number of amides is 2. The van der Waals surface area contributed by atoms with Gasteiger partial charge in [-0.3, -0.25) is 9.59 Å². The monoisotopic (exact) mass is 658 g/mol. The van der Waals surface area contributed by atoms with Gasteiger partial charge < -0.3 is 24.6 Å². The summed E-state index contributed by atoms with van der Waals surface area (Å²) in [7, 11) is -1.05. The van der Waals surface area contributed by atoms with Gasteiger partial charge in [-0.25, -0.2) is 12.4 Å². The first-order valence-electron chi connectivity index (χ1n) is 13.1. The van der Waals surface area contributed by atoms with Crippen molar-refractivity contribution in [1.82, 2.24) is 14.2 Å². The highest BCUT2D eigenvalue weighted by Gasteiger charge is 2.37. The predicted octanol–water partition coefficient (Wildman–Crippen LogP) is 4.33. The Balaban J connectivity index is 1.75. The number of halogens is 3. The maximum atomic E-state index is 14.2. The summed E-state index contributed by atoms with van der Waals surface area (Å²) in [6, 6.07) is 9.88. The molecule has 0 saturated carbocycles. The van der Waals surface area contributed by atoms with E-state index in [1.807, 2.05) is 18.7 Å². The Hall–Kier alpha value is -2.86. The number of ether oxygens (including phenoxy) is 2. The number of nitrogens with one attached hydrogen (secondary N) is 1. The number of methoxy groups -OCH3 is 2. The van der Waals surface area contributed by atoms with E-state index in [-0.39, 0.29) is 23.9 Å². The number of carbonyl (C=O) groups is 2. The van der Waals surface area contributed by atoms with Gasteiger partial charge in [-0.2, -0.15) is 0 Å². The van der Waals surface area contributed by atoms with Gasteiger partial charge in [-0.05, 0) is 42.0 Å². The number of benzene rings is 2. The van der Waals surface area contributed by atoms with E-state index in [0.29, 0.717) is 47.7 Å². The smallest absolute Gasteiger partial charge is 0.274 e. The zero-order valence-corrected chi connectivity index (χ0v) is 27.0. The van der Waals surface area contributed by atoms with Crippen molar-refractivity contribution in [2.24, 2.45) is 0 Å². The first-order chi connectivity index (χ1) is 19.6. The fourth-order valence-electron chi connectivity index (χ4n) is 5.01. The zero-order chi connectivity index (χ0) is 31.0. The van der Waals surface area contributed by atoms with E-state index in [1.54, 1.807) is 43.6 Å². The quantitative estimate of drug-likeness (QED) is 0.359. The molecule has 1 aromatic heterocycles. The number of piperazine rings is 1. The second-order valence-electron chi connectivity index (χ2n) is 10.6. The van der Waals surface area contributed by atoms with E-state index in [4.69, 9.17) is 44.3 Å². The lowest BCUT2D eigenvalue weighted by Crippen LogP contribution is -2.51. The van der Waals surface area contributed by atoms with Gasteiger partial charge in [-0.15, -0.1) is 0 Å². The molecule has 1 N–H and O–H groups in total. The Morgan fingerprint density at radius 2 is 1.64 bits per heavy atom. The van der Waals surface area contributed by atoms with Crippen LogP contribution in [0.4, 0.5) is 5.69 Å². The molecule has 0 bridgehead atoms. The molecule has 2 aromatic carbocycles. The summed E-state index contributed by atoms with van der Waals surface area (Å²) < 4.78 is 38.6. The predicted molar refractivity (Wildman–Crippen MR) is 165 cm³/mol. The van der Waals surface area contributed by atoms with Gasteiger partial charge in [0.1, 0.15) is 11.5 Å². The number of aromatic nitrogens is 1. The molecule has 2 amide bonds. The minimum Gasteiger partial charge on any atom is -0.497 e. The molecule has 0 atom stereocenters. The van der Waals surface area contributed by atoms with Crippen LogP contribution in [0.15, 0.2) is 47.5 Å². The normalized spacial score (nSPS) is 14.7. The molecule has 228 valence electrons. The van der Waals surface area contributed by atoms with E-state index in [1.165, 1.54) is 29.0 Å². The Kier molecular flexibility index (Phi) is 9.18. The maximum absolute atomic E-state index is 14.2. The molecule has 1 aliphatic rings. The summed E-state index contributed by atoms with van der Waals surface area (Å²) in [6.45, 7) is 6.93. The van der Waals surface area contributed by atoms with Crippen LogP contribution in [0, 0.1) is 0 Å². The summed E-state index contributed by atoms with van der Waals surface area (Å²) in [5.41, 5.74) is 1.16. The minimum absolute atomic E-state index is 0.0528. The molecule has 14 heteroatoms. The number of hydrogen-bond donors (Lipinski definition) is 1. The van der Waals surface area contributed by atoms with Crippen molar-refractivity contribution in [3.05, 3.63) is 48.2 Å². The summed E-state index contributed by atoms with van der Waals surface area (Å²) in [6.07, 6.45) is 1.60. The third kappa shape index (κ3) is 6.39. The van der Waals surface area contributed by atoms with Gasteiger partial charge in [-0.1, -0.05) is 48.7 Å². The molecular formula is C28H33Cl3N4O6S.